The van der Waals surface area contributed by atoms with Gasteiger partial charge in [-0.2, -0.15) is 15.3 Å². The number of fused-ring (bicyclic) bond motifs is 6. The lowest BCUT2D eigenvalue weighted by Crippen LogP contribution is -2.51. The van der Waals surface area contributed by atoms with Crippen molar-refractivity contribution in [2.24, 2.45) is 0 Å². The Hall–Kier alpha value is -13.5. The lowest BCUT2D eigenvalue weighted by molar-refractivity contribution is -0.133. The second kappa shape index (κ2) is 36.2. The Morgan fingerprint density at radius 2 is 0.819 bits per heavy atom. The highest BCUT2D eigenvalue weighted by Crippen LogP contribution is 2.37. The molecule has 0 unspecified atom stereocenters. The zero-order chi connectivity index (χ0) is 86.0. The highest BCUT2D eigenvalue weighted by molar-refractivity contribution is 9.10. The van der Waals surface area contributed by atoms with Crippen molar-refractivity contribution < 1.29 is 27.9 Å². The van der Waals surface area contributed by atoms with Gasteiger partial charge in [0.2, 0.25) is 17.7 Å². The van der Waals surface area contributed by atoms with Crippen molar-refractivity contribution in [3.8, 4) is 51.0 Å². The lowest BCUT2D eigenvalue weighted by atomic mass is 10.1. The summed E-state index contributed by atoms with van der Waals surface area (Å²) in [5, 5.41) is 31.6. The zero-order valence-electron chi connectivity index (χ0n) is 69.5. The molecule has 6 aromatic carbocycles. The van der Waals surface area contributed by atoms with Crippen LogP contribution in [0.15, 0.2) is 193 Å². The molecular formula is C92H88BrF2N27O4S. The van der Waals surface area contributed by atoms with Crippen LogP contribution >= 0.6 is 27.3 Å². The summed E-state index contributed by atoms with van der Waals surface area (Å²) in [6, 6.07) is 40.0. The SMILES string of the molecule is COc1ccc(-c2n[nH]c3cc4cnc([C@@H]5CCN(CC(=O)N6CCN(c7ccc(-c8ncc(F)cn8)cc7)CC6)C5)nc4cc23)cc1.O=C(CN1CC[C@@H](c2ncc3cc4[nH]nc(-c5ccncc5)c4cc3n2)C1)N1CCN(c2nccs2)CC1.O=C(CN1CC[C@@H](c2ncc3cc4n[nH]c(Br)c4cc3n2)C1)N1CCN(c2ccc(-c3ncc(F)cn3)cc2)CC1. The molecule has 3 N–H and O–H groups in total. The molecule has 0 aliphatic carbocycles. The molecule has 127 heavy (non-hydrogen) atoms. The van der Waals surface area contributed by atoms with Gasteiger partial charge in [-0.1, -0.05) is 0 Å². The molecule has 0 bridgehead atoms. The van der Waals surface area contributed by atoms with Crippen molar-refractivity contribution in [2.45, 2.75) is 37.0 Å². The number of hydrogen-bond donors (Lipinski definition) is 3. The number of carbonyl (C=O) groups excluding carboxylic acids is 3. The molecule has 3 atom stereocenters. The quantitative estimate of drug-likeness (QED) is 0.0762. The Balaban J connectivity index is 0.000000121. The van der Waals surface area contributed by atoms with Gasteiger partial charge in [0.1, 0.15) is 33.5 Å². The van der Waals surface area contributed by atoms with Crippen molar-refractivity contribution in [1.82, 2.24) is 120 Å². The number of thiazole rings is 1. The molecular weight excluding hydrogens is 1700 g/mol. The number of benzene rings is 6. The van der Waals surface area contributed by atoms with Gasteiger partial charge >= 0.3 is 0 Å². The van der Waals surface area contributed by atoms with Gasteiger partial charge in [-0.3, -0.25) is 49.4 Å². The minimum Gasteiger partial charge on any atom is -0.497 e. The zero-order valence-corrected chi connectivity index (χ0v) is 71.9. The van der Waals surface area contributed by atoms with Crippen LogP contribution in [0.2, 0.25) is 0 Å². The number of piperazine rings is 3. The van der Waals surface area contributed by atoms with Crippen molar-refractivity contribution in [3.05, 3.63) is 222 Å². The van der Waals surface area contributed by atoms with Gasteiger partial charge in [0.05, 0.1) is 90.3 Å². The summed E-state index contributed by atoms with van der Waals surface area (Å²) >= 11 is 5.16. The van der Waals surface area contributed by atoms with Crippen molar-refractivity contribution in [2.75, 3.05) is 159 Å². The first kappa shape index (κ1) is 81.8. The maximum atomic E-state index is 13.3. The third kappa shape index (κ3) is 18.0. The van der Waals surface area contributed by atoms with E-state index in [1.807, 2.05) is 148 Å². The molecule has 6 aliphatic heterocycles. The third-order valence-corrected chi connectivity index (χ3v) is 26.3. The molecule has 16 aromatic rings. The summed E-state index contributed by atoms with van der Waals surface area (Å²) in [5.41, 5.74) is 13.1. The van der Waals surface area contributed by atoms with Crippen LogP contribution in [-0.2, 0) is 14.4 Å². The molecule has 22 rings (SSSR count). The number of aromatic nitrogens is 18. The van der Waals surface area contributed by atoms with Gasteiger partial charge in [0.25, 0.3) is 0 Å². The summed E-state index contributed by atoms with van der Waals surface area (Å²) in [7, 11) is 1.66. The Morgan fingerprint density at radius 3 is 1.24 bits per heavy atom. The predicted octanol–water partition coefficient (Wildman–Crippen LogP) is 12.1. The molecule has 10 aromatic heterocycles. The summed E-state index contributed by atoms with van der Waals surface area (Å²) in [5.74, 6) is 4.49. The van der Waals surface area contributed by atoms with Crippen LogP contribution in [0.1, 0.15) is 54.5 Å². The van der Waals surface area contributed by atoms with Crippen LogP contribution in [0.25, 0.3) is 111 Å². The largest absolute Gasteiger partial charge is 0.497 e. The molecule has 16 heterocycles. The average Bonchev–Trinajstić information content (AvgIpc) is 1.65. The fourth-order valence-corrected chi connectivity index (χ4v) is 19.0. The van der Waals surface area contributed by atoms with Crippen LogP contribution in [-0.4, -0.2) is 282 Å². The lowest BCUT2D eigenvalue weighted by Gasteiger charge is -2.36. The van der Waals surface area contributed by atoms with E-state index in [2.05, 4.69) is 129 Å². The second-order valence-electron chi connectivity index (χ2n) is 32.8. The molecule has 6 aliphatic rings. The molecule has 6 saturated heterocycles. The minimum absolute atomic E-state index is 0.159. The van der Waals surface area contributed by atoms with Crippen molar-refractivity contribution >= 4 is 127 Å². The van der Waals surface area contributed by atoms with Crippen molar-refractivity contribution in [3.63, 3.8) is 0 Å². The number of ether oxygens (including phenoxy) is 1. The molecule has 0 radical (unpaired) electrons. The molecule has 0 spiro atoms. The first-order valence-electron chi connectivity index (χ1n) is 42.7. The fraction of sp³-hybridized carbons (Fsp3) is 0.304. The molecule has 35 heteroatoms. The number of hydrogen-bond acceptors (Lipinski definition) is 26. The van der Waals surface area contributed by atoms with Gasteiger partial charge in [0, 0.05) is 224 Å². The molecule has 3 amide bonds. The number of likely N-dealkylation sites (tertiary alicyclic amines) is 3. The van der Waals surface area contributed by atoms with E-state index in [-0.39, 0.29) is 35.5 Å². The topological polar surface area (TPSA) is 330 Å². The third-order valence-electron chi connectivity index (χ3n) is 24.9. The molecule has 31 nitrogen and oxygen atoms in total. The van der Waals surface area contributed by atoms with E-state index in [1.54, 1.807) is 30.8 Å². The number of carbonyl (C=O) groups is 3. The number of nitrogens with one attached hydrogen (secondary N) is 3. The van der Waals surface area contributed by atoms with Crippen LogP contribution in [0.3, 0.4) is 0 Å². The number of nitrogens with zero attached hydrogens (tertiary/aromatic N) is 24. The van der Waals surface area contributed by atoms with Gasteiger partial charge in [0.15, 0.2) is 28.4 Å². The summed E-state index contributed by atoms with van der Waals surface area (Å²) in [6.45, 7) is 15.1. The van der Waals surface area contributed by atoms with Crippen LogP contribution < -0.4 is 19.4 Å². The Labute approximate surface area is 739 Å². The standard InChI is InChI=1S/C36H34FN9O2.C29H27BrFN9O.C27H27N9OS/c1-48-29-8-4-23(5-9-29)34-30-17-31-26(16-32(30)42-43-34)18-38-36(41-31)25-10-11-44(21-25)22-33(47)46-14-12-45(13-15-46)28-6-2-24(3-7-28)35-39-19-27(37)20-40-35;30-27-23-12-24-20(11-25(23)36-37-27)13-32-29(35-24)19-5-6-38(16-19)17-26(41)40-9-7-39(8-10-40)22-3-1-18(2-4-22)28-33-14-21(31)15-34-28;37-24(35-8-10-36(11-9-35)27-29-6-12-38-27)17-34-7-3-19(16-34)26-30-15-20-13-23-21(14-22(20)31-26)25(33-32-23)18-1-4-28-5-2-18/h2-9,16-20,25H,10-15,21-22H2,1H3,(H,42,43);1-4,11-15,19H,5-10,16-17H2,(H,36,37);1-2,4-6,12-15,19H,3,7-11,16-17H2,(H,32,33)/t25-;2*19-/m111/s1. The van der Waals surface area contributed by atoms with E-state index in [1.165, 1.54) is 24.8 Å². The Kier molecular flexibility index (Phi) is 23.4. The summed E-state index contributed by atoms with van der Waals surface area (Å²) < 4.78 is 32.4. The van der Waals surface area contributed by atoms with Crippen LogP contribution in [0.5, 0.6) is 5.75 Å². The highest BCUT2D eigenvalue weighted by atomic mass is 79.9. The number of pyridine rings is 1. The van der Waals surface area contributed by atoms with E-state index < -0.39 is 11.6 Å². The van der Waals surface area contributed by atoms with E-state index in [4.69, 9.17) is 29.7 Å². The van der Waals surface area contributed by atoms with Gasteiger partial charge in [-0.15, -0.1) is 11.3 Å². The average molecular weight is 1790 g/mol. The molecule has 0 saturated carbocycles. The number of anilines is 3. The molecule has 642 valence electrons. The smallest absolute Gasteiger partial charge is 0.236 e. The number of methoxy groups -OCH3 is 1. The highest BCUT2D eigenvalue weighted by Gasteiger charge is 2.35. The van der Waals surface area contributed by atoms with Crippen LogP contribution in [0, 0.1) is 11.6 Å². The maximum absolute atomic E-state index is 13.3. The van der Waals surface area contributed by atoms with E-state index in [9.17, 15) is 23.2 Å². The minimum atomic E-state index is -0.455. The number of aromatic amines is 3. The van der Waals surface area contributed by atoms with Gasteiger partial charge in [-0.25, -0.2) is 63.6 Å². The first-order valence-corrected chi connectivity index (χ1v) is 44.3. The fourth-order valence-electron chi connectivity index (χ4n) is 17.9. The summed E-state index contributed by atoms with van der Waals surface area (Å²) in [4.78, 5) is 113. The first-order chi connectivity index (χ1) is 62.2. The number of H-pyrrole nitrogens is 3. The predicted molar refractivity (Wildman–Crippen MR) is 485 cm³/mol. The second-order valence-corrected chi connectivity index (χ2v) is 34.5. The number of halogens is 3. The number of rotatable bonds is 17. The van der Waals surface area contributed by atoms with E-state index in [0.717, 1.165) is 254 Å². The Morgan fingerprint density at radius 1 is 0.417 bits per heavy atom. The normalized spacial score (nSPS) is 17.8. The van der Waals surface area contributed by atoms with Gasteiger partial charge < -0.3 is 34.1 Å². The van der Waals surface area contributed by atoms with E-state index >= 15 is 0 Å². The van der Waals surface area contributed by atoms with E-state index in [0.29, 0.717) is 57.5 Å². The molecule has 6 fully saturated rings. The summed E-state index contributed by atoms with van der Waals surface area (Å²) in [6.07, 6.45) is 18.5. The van der Waals surface area contributed by atoms with Crippen molar-refractivity contribution in [1.29, 1.82) is 0 Å². The Bertz CT molecular complexity index is 6640. The van der Waals surface area contributed by atoms with Crippen LogP contribution in [0.4, 0.5) is 25.3 Å². The monoisotopic (exact) mass is 1780 g/mol. The maximum Gasteiger partial charge on any atom is 0.236 e. The number of amides is 3. The van der Waals surface area contributed by atoms with Gasteiger partial charge in [-0.05, 0) is 176 Å².